The summed E-state index contributed by atoms with van der Waals surface area (Å²) >= 11 is 0. The molecule has 16 heteroatoms. The smallest absolute Gasteiger partial charge is 0.349 e. The Morgan fingerprint density at radius 1 is 1.07 bits per heavy atom. The van der Waals surface area contributed by atoms with Gasteiger partial charge < -0.3 is 16.0 Å². The molecule has 1 saturated heterocycles. The first-order chi connectivity index (χ1) is 20.4. The van der Waals surface area contributed by atoms with Crippen molar-refractivity contribution >= 4 is 17.5 Å². The molecule has 0 aromatic carbocycles. The third-order valence-electron chi connectivity index (χ3n) is 8.79. The zero-order valence-corrected chi connectivity index (χ0v) is 23.2. The Morgan fingerprint density at radius 3 is 2.44 bits per heavy atom. The standard InChI is InChI=1S/C27H31F5N8O3/c1-13-21(39-43-38-13)25(42)37-23(15-4-6-26(28,29)7-5-15)19-12-40-20(35-19)8-16(9-34-40)22(14-2-3-14)36-24(41)17-10-33-11-18(17)27(30,31)32/h8-9,12,14-15,17-18,22-23,33H,2-7,10-11H2,1H3,(H,36,41)(H,37,42)/t17-,18-,22-,23+/m1/s1. The number of carbonyl (C=O) groups excluding carboxylic acids is 2. The summed E-state index contributed by atoms with van der Waals surface area (Å²) in [4.78, 5) is 30.7. The second kappa shape index (κ2) is 11.1. The van der Waals surface area contributed by atoms with E-state index in [4.69, 9.17) is 0 Å². The normalized spacial score (nSPS) is 24.1. The summed E-state index contributed by atoms with van der Waals surface area (Å²) in [5, 5.41) is 20.1. The number of carbonyl (C=O) groups is 2. The van der Waals surface area contributed by atoms with Gasteiger partial charge in [-0.1, -0.05) is 5.16 Å². The van der Waals surface area contributed by atoms with Crippen LogP contribution in [0.1, 0.15) is 78.0 Å². The minimum atomic E-state index is -4.49. The molecule has 4 heterocycles. The molecule has 0 bridgehead atoms. The average molecular weight is 611 g/mol. The van der Waals surface area contributed by atoms with Crippen LogP contribution >= 0.6 is 0 Å². The molecule has 11 nitrogen and oxygen atoms in total. The van der Waals surface area contributed by atoms with Crippen molar-refractivity contribution in [3.8, 4) is 0 Å². The third kappa shape index (κ3) is 6.19. The largest absolute Gasteiger partial charge is 0.393 e. The highest BCUT2D eigenvalue weighted by Gasteiger charge is 2.50. The Hall–Kier alpha value is -3.69. The number of nitrogens with zero attached hydrogens (tertiary/aromatic N) is 5. The summed E-state index contributed by atoms with van der Waals surface area (Å²) in [6.07, 6.45) is -0.0660. The summed E-state index contributed by atoms with van der Waals surface area (Å²) in [6, 6.07) is 0.421. The maximum Gasteiger partial charge on any atom is 0.393 e. The van der Waals surface area contributed by atoms with Crippen molar-refractivity contribution < 1.29 is 36.2 Å². The molecule has 2 amide bonds. The van der Waals surface area contributed by atoms with E-state index >= 15 is 0 Å². The van der Waals surface area contributed by atoms with Crippen LogP contribution in [0.4, 0.5) is 22.0 Å². The van der Waals surface area contributed by atoms with Crippen LogP contribution < -0.4 is 16.0 Å². The van der Waals surface area contributed by atoms with Gasteiger partial charge in [0.1, 0.15) is 5.69 Å². The van der Waals surface area contributed by atoms with Gasteiger partial charge in [0.15, 0.2) is 11.3 Å². The van der Waals surface area contributed by atoms with Crippen LogP contribution in [0.3, 0.4) is 0 Å². The molecule has 2 aliphatic carbocycles. The Bertz CT molecular complexity index is 1490. The molecule has 3 aromatic heterocycles. The number of hydrogen-bond donors (Lipinski definition) is 3. The molecular weight excluding hydrogens is 579 g/mol. The van der Waals surface area contributed by atoms with Crippen molar-refractivity contribution in [2.75, 3.05) is 13.1 Å². The Balaban J connectivity index is 1.26. The van der Waals surface area contributed by atoms with Gasteiger partial charge in [-0.05, 0) is 61.2 Å². The lowest BCUT2D eigenvalue weighted by Gasteiger charge is -2.33. The number of nitrogens with one attached hydrogen (secondary N) is 3. The van der Waals surface area contributed by atoms with E-state index in [0.29, 0.717) is 16.9 Å². The fourth-order valence-corrected chi connectivity index (χ4v) is 6.17. The SMILES string of the molecule is Cc1nonc1C(=O)N[C@H](c1cn2ncc([C@H](NC(=O)[C@@H]3CNC[C@H]3C(F)(F)F)C3CC3)cc2n1)C1CCC(F)(F)CC1. The number of aromatic nitrogens is 5. The fraction of sp³-hybridized carbons (Fsp3) is 0.630. The average Bonchev–Trinajstić information content (AvgIpc) is 3.32. The molecule has 232 valence electrons. The van der Waals surface area contributed by atoms with Crippen LogP contribution in [0.15, 0.2) is 23.1 Å². The quantitative estimate of drug-likeness (QED) is 0.329. The van der Waals surface area contributed by atoms with Gasteiger partial charge in [-0.25, -0.2) is 22.9 Å². The topological polar surface area (TPSA) is 139 Å². The van der Waals surface area contributed by atoms with Crippen molar-refractivity contribution in [1.29, 1.82) is 0 Å². The lowest BCUT2D eigenvalue weighted by Crippen LogP contribution is -2.42. The maximum atomic E-state index is 14.0. The van der Waals surface area contributed by atoms with Gasteiger partial charge in [0.25, 0.3) is 5.91 Å². The predicted molar refractivity (Wildman–Crippen MR) is 139 cm³/mol. The molecule has 3 aliphatic rings. The van der Waals surface area contributed by atoms with Crippen LogP contribution in [0.2, 0.25) is 0 Å². The van der Waals surface area contributed by atoms with E-state index in [9.17, 15) is 31.5 Å². The van der Waals surface area contributed by atoms with Gasteiger partial charge in [-0.15, -0.1) is 0 Å². The van der Waals surface area contributed by atoms with E-state index in [0.717, 1.165) is 12.8 Å². The van der Waals surface area contributed by atoms with E-state index < -0.39 is 47.8 Å². The monoisotopic (exact) mass is 610 g/mol. The second-order valence-corrected chi connectivity index (χ2v) is 11.8. The summed E-state index contributed by atoms with van der Waals surface area (Å²) in [6.45, 7) is 1.20. The number of alkyl halides is 5. The summed E-state index contributed by atoms with van der Waals surface area (Å²) in [7, 11) is 0. The van der Waals surface area contributed by atoms with Crippen molar-refractivity contribution in [3.05, 3.63) is 41.1 Å². The molecule has 0 unspecified atom stereocenters. The second-order valence-electron chi connectivity index (χ2n) is 11.8. The number of hydrogen-bond acceptors (Lipinski definition) is 8. The first-order valence-corrected chi connectivity index (χ1v) is 14.3. The maximum absolute atomic E-state index is 14.0. The van der Waals surface area contributed by atoms with Crippen LogP contribution in [0.25, 0.3) is 5.65 Å². The minimum absolute atomic E-state index is 0.0245. The summed E-state index contributed by atoms with van der Waals surface area (Å²) in [5.74, 6) is -7.29. The van der Waals surface area contributed by atoms with Crippen molar-refractivity contribution in [2.24, 2.45) is 23.7 Å². The number of halogens is 5. The minimum Gasteiger partial charge on any atom is -0.349 e. The van der Waals surface area contributed by atoms with Gasteiger partial charge in [-0.3, -0.25) is 9.59 Å². The highest BCUT2D eigenvalue weighted by Crippen LogP contribution is 2.43. The summed E-state index contributed by atoms with van der Waals surface area (Å²) in [5.41, 5.74) is 1.62. The number of fused-ring (bicyclic) bond motifs is 1. The molecule has 1 aliphatic heterocycles. The van der Waals surface area contributed by atoms with E-state index in [1.807, 2.05) is 0 Å². The molecule has 0 spiro atoms. The Kier molecular flexibility index (Phi) is 7.59. The van der Waals surface area contributed by atoms with E-state index in [1.165, 1.54) is 10.7 Å². The Labute approximate surface area is 242 Å². The molecule has 3 N–H and O–H groups in total. The molecule has 0 radical (unpaired) electrons. The lowest BCUT2D eigenvalue weighted by molar-refractivity contribution is -0.182. The summed E-state index contributed by atoms with van der Waals surface area (Å²) < 4.78 is 74.5. The van der Waals surface area contributed by atoms with Gasteiger partial charge >= 0.3 is 6.18 Å². The molecule has 2 saturated carbocycles. The van der Waals surface area contributed by atoms with E-state index in [-0.39, 0.29) is 62.0 Å². The van der Waals surface area contributed by atoms with Crippen LogP contribution in [-0.2, 0) is 4.79 Å². The Morgan fingerprint density at radius 2 is 1.79 bits per heavy atom. The first kappa shape index (κ1) is 29.4. The third-order valence-corrected chi connectivity index (χ3v) is 8.79. The number of imidazole rings is 1. The fourth-order valence-electron chi connectivity index (χ4n) is 6.17. The first-order valence-electron chi connectivity index (χ1n) is 14.3. The highest BCUT2D eigenvalue weighted by molar-refractivity contribution is 5.93. The zero-order valence-electron chi connectivity index (χ0n) is 23.2. The molecule has 3 aromatic rings. The zero-order chi connectivity index (χ0) is 30.5. The highest BCUT2D eigenvalue weighted by atomic mass is 19.4. The molecule has 4 atom stereocenters. The molecule has 6 rings (SSSR count). The van der Waals surface area contributed by atoms with Gasteiger partial charge in [0, 0.05) is 25.9 Å². The van der Waals surface area contributed by atoms with Crippen molar-refractivity contribution in [2.45, 2.75) is 69.6 Å². The molecular formula is C27H31F5N8O3. The van der Waals surface area contributed by atoms with Crippen LogP contribution in [0, 0.1) is 30.6 Å². The molecule has 3 fully saturated rings. The van der Waals surface area contributed by atoms with E-state index in [2.05, 4.69) is 41.0 Å². The number of amides is 2. The van der Waals surface area contributed by atoms with Crippen LogP contribution in [0.5, 0.6) is 0 Å². The van der Waals surface area contributed by atoms with Gasteiger partial charge in [0.05, 0.1) is 42.0 Å². The van der Waals surface area contributed by atoms with E-state index in [1.54, 1.807) is 19.2 Å². The van der Waals surface area contributed by atoms with Gasteiger partial charge in [0.2, 0.25) is 11.8 Å². The number of rotatable bonds is 8. The lowest BCUT2D eigenvalue weighted by atomic mass is 9.81. The van der Waals surface area contributed by atoms with Crippen molar-refractivity contribution in [1.82, 2.24) is 40.9 Å². The van der Waals surface area contributed by atoms with Crippen molar-refractivity contribution in [3.63, 3.8) is 0 Å². The predicted octanol–water partition coefficient (Wildman–Crippen LogP) is 3.68. The molecule has 43 heavy (non-hydrogen) atoms. The number of aryl methyl sites for hydroxylation is 1. The van der Waals surface area contributed by atoms with Gasteiger partial charge in [-0.2, -0.15) is 18.3 Å². The van der Waals surface area contributed by atoms with Crippen LogP contribution in [-0.4, -0.2) is 61.9 Å².